The number of unbranched alkanes of at least 4 members (excludes halogenated alkanes) is 5. The van der Waals surface area contributed by atoms with Gasteiger partial charge >= 0.3 is 5.97 Å². The summed E-state index contributed by atoms with van der Waals surface area (Å²) in [7, 11) is 1.42. The number of benzene rings is 1. The van der Waals surface area contributed by atoms with Gasteiger partial charge in [0.15, 0.2) is 0 Å². The van der Waals surface area contributed by atoms with Crippen LogP contribution in [0.2, 0.25) is 0 Å². The molecule has 0 saturated carbocycles. The van der Waals surface area contributed by atoms with E-state index < -0.39 is 0 Å². The van der Waals surface area contributed by atoms with E-state index in [-0.39, 0.29) is 5.97 Å². The standard InChI is InChI=1S/C19H30O4/c1-3-4-5-8-15-22-17-11-13-18(14-12-17)23-16-9-6-7-10-19(20)21-2/h11-14H,3-10,15-16H2,1-2H3. The summed E-state index contributed by atoms with van der Waals surface area (Å²) in [5.41, 5.74) is 0. The lowest BCUT2D eigenvalue weighted by atomic mass is 10.2. The second-order valence-corrected chi connectivity index (χ2v) is 5.62. The zero-order chi connectivity index (χ0) is 16.8. The van der Waals surface area contributed by atoms with Crippen molar-refractivity contribution < 1.29 is 19.0 Å². The molecule has 130 valence electrons. The monoisotopic (exact) mass is 322 g/mol. The molecule has 0 N–H and O–H groups in total. The summed E-state index contributed by atoms with van der Waals surface area (Å²) in [4.78, 5) is 11.0. The van der Waals surface area contributed by atoms with Gasteiger partial charge in [0, 0.05) is 6.42 Å². The van der Waals surface area contributed by atoms with Crippen LogP contribution in [-0.4, -0.2) is 26.3 Å². The van der Waals surface area contributed by atoms with Gasteiger partial charge in [-0.15, -0.1) is 0 Å². The fraction of sp³-hybridized carbons (Fsp3) is 0.632. The van der Waals surface area contributed by atoms with Gasteiger partial charge in [-0.2, -0.15) is 0 Å². The van der Waals surface area contributed by atoms with Crippen LogP contribution in [0.1, 0.15) is 58.3 Å². The Morgan fingerprint density at radius 1 is 0.826 bits per heavy atom. The molecular formula is C19H30O4. The van der Waals surface area contributed by atoms with Crippen molar-refractivity contribution in [2.45, 2.75) is 58.3 Å². The maximum absolute atomic E-state index is 11.0. The Kier molecular flexibility index (Phi) is 10.8. The Balaban J connectivity index is 2.08. The maximum Gasteiger partial charge on any atom is 0.305 e. The molecule has 0 aromatic heterocycles. The Morgan fingerprint density at radius 3 is 1.83 bits per heavy atom. The quantitative estimate of drug-likeness (QED) is 0.388. The van der Waals surface area contributed by atoms with E-state index in [2.05, 4.69) is 11.7 Å². The second-order valence-electron chi connectivity index (χ2n) is 5.62. The molecule has 1 rings (SSSR count). The fourth-order valence-electron chi connectivity index (χ4n) is 2.19. The number of carbonyl (C=O) groups excluding carboxylic acids is 1. The Labute approximate surface area is 140 Å². The minimum atomic E-state index is -0.142. The molecule has 0 heterocycles. The average molecular weight is 322 g/mol. The lowest BCUT2D eigenvalue weighted by Gasteiger charge is -2.08. The highest BCUT2D eigenvalue weighted by Gasteiger charge is 2.00. The first kappa shape index (κ1) is 19.3. The van der Waals surface area contributed by atoms with Crippen molar-refractivity contribution in [1.82, 2.24) is 0 Å². The molecule has 4 nitrogen and oxygen atoms in total. The van der Waals surface area contributed by atoms with Gasteiger partial charge in [-0.3, -0.25) is 4.79 Å². The molecule has 1 aromatic carbocycles. The summed E-state index contributed by atoms with van der Waals surface area (Å²) in [6, 6.07) is 7.78. The van der Waals surface area contributed by atoms with Gasteiger partial charge in [0.1, 0.15) is 11.5 Å². The lowest BCUT2D eigenvalue weighted by Crippen LogP contribution is -2.01. The Morgan fingerprint density at radius 2 is 1.35 bits per heavy atom. The Hall–Kier alpha value is -1.71. The minimum Gasteiger partial charge on any atom is -0.494 e. The van der Waals surface area contributed by atoms with Gasteiger partial charge in [0.05, 0.1) is 20.3 Å². The predicted octanol–water partition coefficient (Wildman–Crippen LogP) is 4.76. The third-order valence-corrected chi connectivity index (χ3v) is 3.61. The topological polar surface area (TPSA) is 44.8 Å². The highest BCUT2D eigenvalue weighted by molar-refractivity contribution is 5.68. The second kappa shape index (κ2) is 12.8. The van der Waals surface area contributed by atoms with E-state index in [1.54, 1.807) is 0 Å². The van der Waals surface area contributed by atoms with E-state index >= 15 is 0 Å². The summed E-state index contributed by atoms with van der Waals surface area (Å²) in [6.45, 7) is 3.65. The summed E-state index contributed by atoms with van der Waals surface area (Å²) >= 11 is 0. The third-order valence-electron chi connectivity index (χ3n) is 3.61. The molecule has 0 saturated heterocycles. The van der Waals surface area contributed by atoms with Gasteiger partial charge in [-0.05, 0) is 49.9 Å². The van der Waals surface area contributed by atoms with Crippen LogP contribution < -0.4 is 9.47 Å². The smallest absolute Gasteiger partial charge is 0.305 e. The minimum absolute atomic E-state index is 0.142. The maximum atomic E-state index is 11.0. The molecule has 0 aliphatic rings. The molecule has 0 aliphatic heterocycles. The fourth-order valence-corrected chi connectivity index (χ4v) is 2.19. The number of carbonyl (C=O) groups is 1. The first-order chi connectivity index (χ1) is 11.3. The summed E-state index contributed by atoms with van der Waals surface area (Å²) in [6.07, 6.45) is 8.10. The van der Waals surface area contributed by atoms with Crippen LogP contribution in [0.3, 0.4) is 0 Å². The largest absolute Gasteiger partial charge is 0.494 e. The van der Waals surface area contributed by atoms with Crippen molar-refractivity contribution in [3.05, 3.63) is 24.3 Å². The van der Waals surface area contributed by atoms with Crippen LogP contribution in [0.25, 0.3) is 0 Å². The third kappa shape index (κ3) is 9.82. The van der Waals surface area contributed by atoms with Crippen LogP contribution in [0.4, 0.5) is 0 Å². The SMILES string of the molecule is CCCCCCOc1ccc(OCCCCCC(=O)OC)cc1. The predicted molar refractivity (Wildman–Crippen MR) is 92.1 cm³/mol. The van der Waals surface area contributed by atoms with E-state index in [0.29, 0.717) is 13.0 Å². The molecule has 23 heavy (non-hydrogen) atoms. The van der Waals surface area contributed by atoms with Gasteiger partial charge in [-0.1, -0.05) is 26.2 Å². The normalized spacial score (nSPS) is 10.3. The molecule has 1 aromatic rings. The molecule has 0 radical (unpaired) electrons. The molecule has 0 amide bonds. The van der Waals surface area contributed by atoms with Gasteiger partial charge in [0.2, 0.25) is 0 Å². The first-order valence-electron chi connectivity index (χ1n) is 8.68. The van der Waals surface area contributed by atoms with Crippen LogP contribution in [0, 0.1) is 0 Å². The molecule has 0 bridgehead atoms. The van der Waals surface area contributed by atoms with Crippen molar-refractivity contribution in [2.24, 2.45) is 0 Å². The van der Waals surface area contributed by atoms with Crippen LogP contribution in [-0.2, 0) is 9.53 Å². The highest BCUT2D eigenvalue weighted by Crippen LogP contribution is 2.18. The van der Waals surface area contributed by atoms with Crippen molar-refractivity contribution in [2.75, 3.05) is 20.3 Å². The van der Waals surface area contributed by atoms with Gasteiger partial charge < -0.3 is 14.2 Å². The van der Waals surface area contributed by atoms with Crippen molar-refractivity contribution >= 4 is 5.97 Å². The van der Waals surface area contributed by atoms with E-state index in [1.165, 1.54) is 26.4 Å². The van der Waals surface area contributed by atoms with E-state index in [9.17, 15) is 4.79 Å². The number of rotatable bonds is 13. The molecular weight excluding hydrogens is 292 g/mol. The van der Waals surface area contributed by atoms with Crippen LogP contribution in [0.15, 0.2) is 24.3 Å². The molecule has 0 aliphatic carbocycles. The summed E-state index contributed by atoms with van der Waals surface area (Å²) in [5, 5.41) is 0. The molecule has 0 unspecified atom stereocenters. The number of esters is 1. The van der Waals surface area contributed by atoms with Gasteiger partial charge in [-0.25, -0.2) is 0 Å². The first-order valence-corrected chi connectivity index (χ1v) is 8.68. The molecule has 0 fully saturated rings. The molecule has 4 heteroatoms. The van der Waals surface area contributed by atoms with E-state index in [4.69, 9.17) is 9.47 Å². The summed E-state index contributed by atoms with van der Waals surface area (Å²) < 4.78 is 16.0. The number of hydrogen-bond donors (Lipinski definition) is 0. The Bertz CT molecular complexity index is 414. The lowest BCUT2D eigenvalue weighted by molar-refractivity contribution is -0.140. The van der Waals surface area contributed by atoms with Gasteiger partial charge in [0.25, 0.3) is 0 Å². The molecule has 0 spiro atoms. The number of methoxy groups -OCH3 is 1. The number of hydrogen-bond acceptors (Lipinski definition) is 4. The average Bonchev–Trinajstić information content (AvgIpc) is 2.58. The van der Waals surface area contributed by atoms with Crippen molar-refractivity contribution in [3.8, 4) is 11.5 Å². The van der Waals surface area contributed by atoms with Crippen molar-refractivity contribution in [3.63, 3.8) is 0 Å². The van der Waals surface area contributed by atoms with E-state index in [1.807, 2.05) is 24.3 Å². The number of ether oxygens (including phenoxy) is 3. The van der Waals surface area contributed by atoms with Crippen molar-refractivity contribution in [1.29, 1.82) is 0 Å². The zero-order valence-corrected chi connectivity index (χ0v) is 14.5. The highest BCUT2D eigenvalue weighted by atomic mass is 16.5. The van der Waals surface area contributed by atoms with Crippen LogP contribution >= 0.6 is 0 Å². The zero-order valence-electron chi connectivity index (χ0n) is 14.5. The summed E-state index contributed by atoms with van der Waals surface area (Å²) in [5.74, 6) is 1.61. The van der Waals surface area contributed by atoms with E-state index in [0.717, 1.165) is 43.8 Å². The molecule has 0 atom stereocenters. The van der Waals surface area contributed by atoms with Crippen LogP contribution in [0.5, 0.6) is 11.5 Å².